The van der Waals surface area contributed by atoms with Crippen molar-refractivity contribution in [2.45, 2.75) is 20.1 Å². The molecule has 0 bridgehead atoms. The van der Waals surface area contributed by atoms with Gasteiger partial charge in [-0.05, 0) is 32.2 Å². The Morgan fingerprint density at radius 1 is 1.19 bits per heavy atom. The Kier molecular flexibility index (Phi) is 3.88. The Morgan fingerprint density at radius 2 is 2.05 bits per heavy atom. The molecule has 108 valence electrons. The van der Waals surface area contributed by atoms with Crippen LogP contribution in [-0.2, 0) is 13.2 Å². The van der Waals surface area contributed by atoms with Gasteiger partial charge in [-0.15, -0.1) is 0 Å². The van der Waals surface area contributed by atoms with Gasteiger partial charge in [0.25, 0.3) is 0 Å². The lowest BCUT2D eigenvalue weighted by atomic mass is 10.1. The molecule has 3 rings (SSSR count). The summed E-state index contributed by atoms with van der Waals surface area (Å²) >= 11 is 0. The molecule has 3 aromatic rings. The fourth-order valence-electron chi connectivity index (χ4n) is 2.38. The lowest BCUT2D eigenvalue weighted by molar-refractivity contribution is 0.299. The number of para-hydroxylation sites is 1. The second kappa shape index (κ2) is 5.97. The van der Waals surface area contributed by atoms with E-state index in [0.29, 0.717) is 13.2 Å². The van der Waals surface area contributed by atoms with Crippen LogP contribution >= 0.6 is 0 Å². The first-order valence-corrected chi connectivity index (χ1v) is 6.98. The zero-order valence-corrected chi connectivity index (χ0v) is 12.2. The summed E-state index contributed by atoms with van der Waals surface area (Å²) < 4.78 is 11.8. The van der Waals surface area contributed by atoms with E-state index in [1.165, 1.54) is 0 Å². The van der Waals surface area contributed by atoms with Crippen LogP contribution in [0.4, 0.5) is 0 Å². The van der Waals surface area contributed by atoms with Crippen LogP contribution in [0.5, 0.6) is 5.75 Å². The second-order valence-corrected chi connectivity index (χ2v) is 4.91. The molecule has 0 aliphatic rings. The van der Waals surface area contributed by atoms with Crippen LogP contribution < -0.4 is 10.1 Å². The molecule has 0 amide bonds. The minimum Gasteiger partial charge on any atom is -0.487 e. The lowest BCUT2D eigenvalue weighted by Gasteiger charge is -2.08. The fraction of sp³-hybridized carbons (Fsp3) is 0.235. The normalized spacial score (nSPS) is 11.0. The van der Waals surface area contributed by atoms with Gasteiger partial charge in [0, 0.05) is 17.1 Å². The number of furan rings is 1. The van der Waals surface area contributed by atoms with Gasteiger partial charge in [-0.3, -0.25) is 4.98 Å². The number of rotatable bonds is 5. The maximum absolute atomic E-state index is 5.93. The zero-order valence-electron chi connectivity index (χ0n) is 12.2. The summed E-state index contributed by atoms with van der Waals surface area (Å²) in [6, 6.07) is 11.8. The Morgan fingerprint density at radius 3 is 2.86 bits per heavy atom. The van der Waals surface area contributed by atoms with Crippen molar-refractivity contribution in [1.82, 2.24) is 10.3 Å². The van der Waals surface area contributed by atoms with Crippen LogP contribution in [0.2, 0.25) is 0 Å². The summed E-state index contributed by atoms with van der Waals surface area (Å²) in [5, 5.41) is 4.23. The average Bonchev–Trinajstić information content (AvgIpc) is 2.84. The van der Waals surface area contributed by atoms with Gasteiger partial charge in [-0.2, -0.15) is 0 Å². The third kappa shape index (κ3) is 2.76. The van der Waals surface area contributed by atoms with Crippen molar-refractivity contribution in [1.29, 1.82) is 0 Å². The highest BCUT2D eigenvalue weighted by molar-refractivity contribution is 5.82. The molecule has 4 nitrogen and oxygen atoms in total. The molecular weight excluding hydrogens is 264 g/mol. The molecule has 0 aliphatic heterocycles. The largest absolute Gasteiger partial charge is 0.487 e. The molecule has 0 unspecified atom stereocenters. The van der Waals surface area contributed by atoms with Gasteiger partial charge in [-0.1, -0.05) is 18.2 Å². The van der Waals surface area contributed by atoms with E-state index in [2.05, 4.69) is 16.4 Å². The van der Waals surface area contributed by atoms with E-state index >= 15 is 0 Å². The third-order valence-electron chi connectivity index (χ3n) is 3.45. The van der Waals surface area contributed by atoms with Gasteiger partial charge >= 0.3 is 0 Å². The number of nitrogens with zero attached hydrogens (tertiary/aromatic N) is 1. The molecule has 4 heteroatoms. The van der Waals surface area contributed by atoms with Crippen molar-refractivity contribution >= 4 is 11.0 Å². The topological polar surface area (TPSA) is 47.3 Å². The summed E-state index contributed by atoms with van der Waals surface area (Å²) in [5.41, 5.74) is 2.87. The molecule has 0 atom stereocenters. The van der Waals surface area contributed by atoms with E-state index in [-0.39, 0.29) is 0 Å². The van der Waals surface area contributed by atoms with Crippen LogP contribution in [0.15, 0.2) is 47.0 Å². The van der Waals surface area contributed by atoms with Gasteiger partial charge in [0.05, 0.1) is 12.2 Å². The van der Waals surface area contributed by atoms with Crippen molar-refractivity contribution in [3.63, 3.8) is 0 Å². The molecule has 2 aromatic heterocycles. The highest BCUT2D eigenvalue weighted by Crippen LogP contribution is 2.27. The van der Waals surface area contributed by atoms with Crippen molar-refractivity contribution in [3.05, 3.63) is 59.6 Å². The van der Waals surface area contributed by atoms with Gasteiger partial charge < -0.3 is 14.5 Å². The summed E-state index contributed by atoms with van der Waals surface area (Å²) in [6.07, 6.45) is 1.77. The van der Waals surface area contributed by atoms with Crippen molar-refractivity contribution in [2.75, 3.05) is 7.05 Å². The van der Waals surface area contributed by atoms with E-state index in [9.17, 15) is 0 Å². The molecule has 1 aromatic carbocycles. The molecule has 0 fully saturated rings. The highest BCUT2D eigenvalue weighted by atomic mass is 16.5. The number of hydrogen-bond donors (Lipinski definition) is 1. The van der Waals surface area contributed by atoms with Gasteiger partial charge in [0.15, 0.2) is 0 Å². The first kappa shape index (κ1) is 13.6. The molecule has 0 saturated heterocycles. The Balaban J connectivity index is 1.92. The number of aromatic nitrogens is 1. The smallest absolute Gasteiger partial charge is 0.141 e. The van der Waals surface area contributed by atoms with Gasteiger partial charge in [0.2, 0.25) is 0 Å². The number of hydrogen-bond acceptors (Lipinski definition) is 4. The predicted octanol–water partition coefficient (Wildman–Crippen LogP) is 3.43. The van der Waals surface area contributed by atoms with Crippen molar-refractivity contribution in [2.24, 2.45) is 0 Å². The van der Waals surface area contributed by atoms with Gasteiger partial charge in [-0.25, -0.2) is 0 Å². The first-order chi connectivity index (χ1) is 10.3. The molecule has 1 N–H and O–H groups in total. The standard InChI is InChI=1S/C17H18N2O2/c1-12-15(8-5-9-19-12)20-11-14-13-6-3-4-7-16(13)21-17(14)10-18-2/h3-9,18H,10-11H2,1-2H3. The zero-order chi connectivity index (χ0) is 14.7. The molecule has 0 spiro atoms. The number of benzene rings is 1. The van der Waals surface area contributed by atoms with Crippen LogP contribution in [0.3, 0.4) is 0 Å². The average molecular weight is 282 g/mol. The van der Waals surface area contributed by atoms with E-state index < -0.39 is 0 Å². The van der Waals surface area contributed by atoms with Gasteiger partial charge in [0.1, 0.15) is 23.7 Å². The van der Waals surface area contributed by atoms with Crippen molar-refractivity contribution < 1.29 is 9.15 Å². The molecule has 21 heavy (non-hydrogen) atoms. The fourth-order valence-corrected chi connectivity index (χ4v) is 2.38. The van der Waals surface area contributed by atoms with E-state index in [1.54, 1.807) is 6.20 Å². The number of ether oxygens (including phenoxy) is 1. The molecule has 0 saturated carbocycles. The van der Waals surface area contributed by atoms with Crippen LogP contribution in [0.1, 0.15) is 17.0 Å². The summed E-state index contributed by atoms with van der Waals surface area (Å²) in [6.45, 7) is 3.09. The van der Waals surface area contributed by atoms with Crippen LogP contribution in [0, 0.1) is 6.92 Å². The molecule has 0 aliphatic carbocycles. The quantitative estimate of drug-likeness (QED) is 0.778. The number of pyridine rings is 1. The summed E-state index contributed by atoms with van der Waals surface area (Å²) in [7, 11) is 1.91. The highest BCUT2D eigenvalue weighted by Gasteiger charge is 2.14. The third-order valence-corrected chi connectivity index (χ3v) is 3.45. The maximum Gasteiger partial charge on any atom is 0.141 e. The minimum absolute atomic E-state index is 0.473. The van der Waals surface area contributed by atoms with E-state index in [0.717, 1.165) is 33.7 Å². The predicted molar refractivity (Wildman–Crippen MR) is 82.3 cm³/mol. The van der Waals surface area contributed by atoms with E-state index in [1.807, 2.05) is 44.3 Å². The monoisotopic (exact) mass is 282 g/mol. The summed E-state index contributed by atoms with van der Waals surface area (Å²) in [4.78, 5) is 4.24. The minimum atomic E-state index is 0.473. The first-order valence-electron chi connectivity index (χ1n) is 6.98. The lowest BCUT2D eigenvalue weighted by Crippen LogP contribution is -2.07. The number of fused-ring (bicyclic) bond motifs is 1. The summed E-state index contributed by atoms with van der Waals surface area (Å²) in [5.74, 6) is 1.72. The SMILES string of the molecule is CNCc1oc2ccccc2c1COc1cccnc1C. The second-order valence-electron chi connectivity index (χ2n) is 4.91. The van der Waals surface area contributed by atoms with Crippen LogP contribution in [0.25, 0.3) is 11.0 Å². The maximum atomic E-state index is 5.93. The number of nitrogens with one attached hydrogen (secondary N) is 1. The molecule has 0 radical (unpaired) electrons. The van der Waals surface area contributed by atoms with E-state index in [4.69, 9.17) is 9.15 Å². The van der Waals surface area contributed by atoms with Crippen LogP contribution in [-0.4, -0.2) is 12.0 Å². The number of aryl methyl sites for hydroxylation is 1. The Hall–Kier alpha value is -2.33. The van der Waals surface area contributed by atoms with Crippen molar-refractivity contribution in [3.8, 4) is 5.75 Å². The Labute approximate surface area is 123 Å². The molecule has 2 heterocycles. The Bertz CT molecular complexity index is 749. The molecular formula is C17H18N2O2.